The lowest BCUT2D eigenvalue weighted by Gasteiger charge is -2.38. The fourth-order valence-electron chi connectivity index (χ4n) is 4.41. The van der Waals surface area contributed by atoms with Gasteiger partial charge < -0.3 is 25.0 Å². The average Bonchev–Trinajstić information content (AvgIpc) is 3.10. The van der Waals surface area contributed by atoms with Crippen molar-refractivity contribution in [1.29, 1.82) is 0 Å². The van der Waals surface area contributed by atoms with Crippen molar-refractivity contribution in [3.63, 3.8) is 0 Å². The first-order valence-corrected chi connectivity index (χ1v) is 10.5. The van der Waals surface area contributed by atoms with Gasteiger partial charge in [0.25, 0.3) is 5.91 Å². The van der Waals surface area contributed by atoms with Gasteiger partial charge in [0.05, 0.1) is 28.6 Å². The Balaban J connectivity index is 1.42. The van der Waals surface area contributed by atoms with Crippen LogP contribution in [0.2, 0.25) is 5.02 Å². The van der Waals surface area contributed by atoms with E-state index in [1.54, 1.807) is 12.1 Å². The van der Waals surface area contributed by atoms with Crippen LogP contribution in [0.15, 0.2) is 12.1 Å². The number of carbonyl (C=O) groups excluding carboxylic acids is 2. The highest BCUT2D eigenvalue weighted by Gasteiger charge is 2.33. The molecule has 1 aromatic rings. The molecule has 3 heterocycles. The van der Waals surface area contributed by atoms with E-state index >= 15 is 0 Å². The normalized spacial score (nSPS) is 27.2. The summed E-state index contributed by atoms with van der Waals surface area (Å²) in [5.74, 6) is 0.274. The van der Waals surface area contributed by atoms with Gasteiger partial charge in [0, 0.05) is 38.3 Å². The minimum absolute atomic E-state index is 0.0490. The molecule has 158 valence electrons. The van der Waals surface area contributed by atoms with Crippen molar-refractivity contribution in [3.05, 3.63) is 17.2 Å². The molecule has 4 rings (SSSR count). The highest BCUT2D eigenvalue weighted by molar-refractivity contribution is 6.34. The van der Waals surface area contributed by atoms with Crippen LogP contribution in [0.4, 0.5) is 16.2 Å². The van der Waals surface area contributed by atoms with Gasteiger partial charge in [-0.05, 0) is 32.8 Å². The first-order chi connectivity index (χ1) is 13.9. The Morgan fingerprint density at radius 3 is 2.83 bits per heavy atom. The molecule has 29 heavy (non-hydrogen) atoms. The third-order valence-corrected chi connectivity index (χ3v) is 5.86. The van der Waals surface area contributed by atoms with Crippen LogP contribution in [0.3, 0.4) is 0 Å². The summed E-state index contributed by atoms with van der Waals surface area (Å²) in [6, 6.07) is 3.26. The number of halogens is 1. The molecule has 1 aromatic carbocycles. The van der Waals surface area contributed by atoms with E-state index < -0.39 is 0 Å². The van der Waals surface area contributed by atoms with Crippen molar-refractivity contribution in [1.82, 2.24) is 9.80 Å². The molecule has 3 atom stereocenters. The third kappa shape index (κ3) is 4.60. The number of amides is 3. The number of rotatable bonds is 3. The second-order valence-electron chi connectivity index (χ2n) is 8.06. The molecule has 3 aliphatic heterocycles. The number of hydrogen-bond donors (Lipinski definition) is 2. The monoisotopic (exact) mass is 422 g/mol. The largest absolute Gasteiger partial charge is 0.482 e. The Bertz CT molecular complexity index is 795. The fraction of sp³-hybridized carbons (Fsp3) is 0.600. The standard InChI is InChI=1S/C20H27ClN4O4/c1-12-8-24(9-13(2)29-12)10-14-4-3-5-25(14)20(27)23-16-7-18-17(6-15(16)21)22-19(26)11-28-18/h6-7,12-14H,3-5,8-11H2,1-2H3,(H,22,26)(H,23,27)/t12-,13-,14+/m1/s1. The van der Waals surface area contributed by atoms with Crippen molar-refractivity contribution in [2.45, 2.75) is 44.9 Å². The Hall–Kier alpha value is -2.03. The van der Waals surface area contributed by atoms with E-state index in [0.717, 1.165) is 39.0 Å². The van der Waals surface area contributed by atoms with Gasteiger partial charge >= 0.3 is 6.03 Å². The Morgan fingerprint density at radius 2 is 2.07 bits per heavy atom. The van der Waals surface area contributed by atoms with Gasteiger partial charge in [0.2, 0.25) is 0 Å². The van der Waals surface area contributed by atoms with Crippen molar-refractivity contribution < 1.29 is 19.1 Å². The number of benzene rings is 1. The van der Waals surface area contributed by atoms with E-state index in [1.807, 2.05) is 4.90 Å². The lowest BCUT2D eigenvalue weighted by atomic mass is 10.1. The summed E-state index contributed by atoms with van der Waals surface area (Å²) >= 11 is 6.32. The topological polar surface area (TPSA) is 83.1 Å². The summed E-state index contributed by atoms with van der Waals surface area (Å²) in [6.45, 7) is 7.47. The van der Waals surface area contributed by atoms with Crippen LogP contribution in [-0.2, 0) is 9.53 Å². The van der Waals surface area contributed by atoms with E-state index in [2.05, 4.69) is 29.4 Å². The van der Waals surface area contributed by atoms with Crippen LogP contribution < -0.4 is 15.4 Å². The quantitative estimate of drug-likeness (QED) is 0.782. The van der Waals surface area contributed by atoms with E-state index in [-0.39, 0.29) is 36.8 Å². The maximum absolute atomic E-state index is 13.0. The zero-order valence-electron chi connectivity index (χ0n) is 16.7. The molecule has 0 unspecified atom stereocenters. The number of ether oxygens (including phenoxy) is 2. The lowest BCUT2D eigenvalue weighted by molar-refractivity contribution is -0.118. The number of nitrogens with zero attached hydrogens (tertiary/aromatic N) is 2. The maximum Gasteiger partial charge on any atom is 0.322 e. The van der Waals surface area contributed by atoms with Crippen LogP contribution in [0.1, 0.15) is 26.7 Å². The molecule has 0 aliphatic carbocycles. The van der Waals surface area contributed by atoms with Crippen molar-refractivity contribution in [3.8, 4) is 5.75 Å². The molecule has 2 fully saturated rings. The Morgan fingerprint density at radius 1 is 1.31 bits per heavy atom. The van der Waals surface area contributed by atoms with Crippen LogP contribution in [0.5, 0.6) is 5.75 Å². The van der Waals surface area contributed by atoms with Gasteiger partial charge in [-0.25, -0.2) is 4.79 Å². The van der Waals surface area contributed by atoms with E-state index in [4.69, 9.17) is 21.1 Å². The van der Waals surface area contributed by atoms with Gasteiger partial charge in [-0.1, -0.05) is 11.6 Å². The maximum atomic E-state index is 13.0. The number of fused-ring (bicyclic) bond motifs is 1. The number of urea groups is 1. The summed E-state index contributed by atoms with van der Waals surface area (Å²) in [7, 11) is 0. The second kappa shape index (κ2) is 8.38. The minimum atomic E-state index is -0.225. The smallest absolute Gasteiger partial charge is 0.322 e. The number of nitrogens with one attached hydrogen (secondary N) is 2. The fourth-order valence-corrected chi connectivity index (χ4v) is 4.62. The molecule has 3 aliphatic rings. The van der Waals surface area contributed by atoms with Gasteiger partial charge in [-0.3, -0.25) is 9.69 Å². The number of carbonyl (C=O) groups is 2. The average molecular weight is 423 g/mol. The molecule has 3 amide bonds. The number of morpholine rings is 1. The van der Waals surface area contributed by atoms with E-state index in [0.29, 0.717) is 22.1 Å². The molecule has 0 radical (unpaired) electrons. The van der Waals surface area contributed by atoms with Gasteiger partial charge in [0.15, 0.2) is 6.61 Å². The van der Waals surface area contributed by atoms with Crippen molar-refractivity contribution in [2.24, 2.45) is 0 Å². The lowest BCUT2D eigenvalue weighted by Crippen LogP contribution is -2.51. The van der Waals surface area contributed by atoms with Crippen LogP contribution in [0, 0.1) is 0 Å². The molecule has 8 nitrogen and oxygen atoms in total. The highest BCUT2D eigenvalue weighted by Crippen LogP contribution is 2.36. The zero-order chi connectivity index (χ0) is 20.5. The van der Waals surface area contributed by atoms with Crippen LogP contribution in [-0.4, -0.2) is 72.8 Å². The third-order valence-electron chi connectivity index (χ3n) is 5.55. The zero-order valence-corrected chi connectivity index (χ0v) is 17.5. The number of hydrogen-bond acceptors (Lipinski definition) is 5. The summed E-state index contributed by atoms with van der Waals surface area (Å²) in [5, 5.41) is 5.98. The number of likely N-dealkylation sites (tertiary alicyclic amines) is 1. The molecule has 0 spiro atoms. The minimum Gasteiger partial charge on any atom is -0.482 e. The van der Waals surface area contributed by atoms with E-state index in [1.165, 1.54) is 0 Å². The van der Waals surface area contributed by atoms with E-state index in [9.17, 15) is 9.59 Å². The predicted molar refractivity (Wildman–Crippen MR) is 111 cm³/mol. The highest BCUT2D eigenvalue weighted by atomic mass is 35.5. The predicted octanol–water partition coefficient (Wildman–Crippen LogP) is 2.78. The molecule has 0 bridgehead atoms. The van der Waals surface area contributed by atoms with Gasteiger partial charge in [0.1, 0.15) is 5.75 Å². The summed E-state index contributed by atoms with van der Waals surface area (Å²) in [6.07, 6.45) is 2.38. The van der Waals surface area contributed by atoms with Crippen LogP contribution >= 0.6 is 11.6 Å². The first kappa shape index (κ1) is 20.3. The summed E-state index contributed by atoms with van der Waals surface area (Å²) < 4.78 is 11.2. The SMILES string of the molecule is C[C@@H]1CN(C[C@@H]2CCCN2C(=O)Nc2cc3c(cc2Cl)NC(=O)CO3)C[C@@H](C)O1. The molecular formula is C20H27ClN4O4. The van der Waals surface area contributed by atoms with Gasteiger partial charge in [-0.2, -0.15) is 0 Å². The van der Waals surface area contributed by atoms with Crippen LogP contribution in [0.25, 0.3) is 0 Å². The molecular weight excluding hydrogens is 396 g/mol. The molecule has 2 saturated heterocycles. The first-order valence-electron chi connectivity index (χ1n) is 10.1. The summed E-state index contributed by atoms with van der Waals surface area (Å²) in [5.41, 5.74) is 0.990. The second-order valence-corrected chi connectivity index (χ2v) is 8.47. The summed E-state index contributed by atoms with van der Waals surface area (Å²) in [4.78, 5) is 28.7. The van der Waals surface area contributed by atoms with Crippen molar-refractivity contribution >= 4 is 34.9 Å². The molecule has 2 N–H and O–H groups in total. The Labute approximate surface area is 175 Å². The molecule has 0 saturated carbocycles. The van der Waals surface area contributed by atoms with Crippen molar-refractivity contribution in [2.75, 3.05) is 43.4 Å². The Kier molecular flexibility index (Phi) is 5.85. The number of anilines is 2. The van der Waals surface area contributed by atoms with Gasteiger partial charge in [-0.15, -0.1) is 0 Å². The molecule has 9 heteroatoms. The molecule has 0 aromatic heterocycles.